The second kappa shape index (κ2) is 3.86. The van der Waals surface area contributed by atoms with Gasteiger partial charge in [0.25, 0.3) is 6.43 Å². The van der Waals surface area contributed by atoms with E-state index in [0.717, 1.165) is 25.9 Å². The third kappa shape index (κ3) is 1.81. The first-order chi connectivity index (χ1) is 6.77. The second-order valence-electron chi connectivity index (χ2n) is 3.30. The molecular weight excluding hydrogens is 188 g/mol. The Morgan fingerprint density at radius 3 is 2.57 bits per heavy atom. The molecule has 1 aliphatic heterocycles. The molecule has 0 amide bonds. The van der Waals surface area contributed by atoms with E-state index < -0.39 is 6.43 Å². The van der Waals surface area contributed by atoms with Crippen LogP contribution in [0.4, 0.5) is 14.6 Å². The Morgan fingerprint density at radius 2 is 1.93 bits per heavy atom. The van der Waals surface area contributed by atoms with Gasteiger partial charge in [-0.05, 0) is 12.8 Å². The summed E-state index contributed by atoms with van der Waals surface area (Å²) in [6.07, 6.45) is 0.899. The molecule has 0 unspecified atom stereocenters. The predicted molar refractivity (Wildman–Crippen MR) is 48.4 cm³/mol. The molecule has 0 aliphatic carbocycles. The Kier molecular flexibility index (Phi) is 2.56. The predicted octanol–water partition coefficient (Wildman–Crippen LogP) is 2.01. The van der Waals surface area contributed by atoms with Crippen LogP contribution in [0.25, 0.3) is 0 Å². The number of alkyl halides is 2. The van der Waals surface area contributed by atoms with E-state index in [1.165, 1.54) is 12.4 Å². The molecule has 0 saturated carbocycles. The van der Waals surface area contributed by atoms with Crippen molar-refractivity contribution < 1.29 is 8.78 Å². The van der Waals surface area contributed by atoms with Crippen LogP contribution < -0.4 is 4.90 Å². The summed E-state index contributed by atoms with van der Waals surface area (Å²) in [6.45, 7) is 1.80. The highest BCUT2D eigenvalue weighted by molar-refractivity contribution is 5.39. The standard InChI is InChI=1S/C9H11F2N3/c10-9(11)7-5-8(13-6-12-7)14-3-1-2-4-14/h5-6,9H,1-4H2. The van der Waals surface area contributed by atoms with Crippen molar-refractivity contribution >= 4 is 5.82 Å². The van der Waals surface area contributed by atoms with Crippen LogP contribution in [0.5, 0.6) is 0 Å². The highest BCUT2D eigenvalue weighted by atomic mass is 19.3. The van der Waals surface area contributed by atoms with Crippen molar-refractivity contribution in [2.24, 2.45) is 0 Å². The SMILES string of the molecule is FC(F)c1cc(N2CCCC2)ncn1. The summed E-state index contributed by atoms with van der Waals surface area (Å²) in [5.74, 6) is 0.618. The maximum Gasteiger partial charge on any atom is 0.280 e. The van der Waals surface area contributed by atoms with Crippen LogP contribution in [0.3, 0.4) is 0 Å². The maximum absolute atomic E-state index is 12.3. The van der Waals surface area contributed by atoms with Crippen LogP contribution in [0.1, 0.15) is 25.0 Å². The highest BCUT2D eigenvalue weighted by Gasteiger charge is 2.16. The third-order valence-electron chi connectivity index (χ3n) is 2.33. The van der Waals surface area contributed by atoms with Crippen molar-refractivity contribution in [2.75, 3.05) is 18.0 Å². The third-order valence-corrected chi connectivity index (χ3v) is 2.33. The van der Waals surface area contributed by atoms with Gasteiger partial charge in [0.05, 0.1) is 0 Å². The molecule has 0 N–H and O–H groups in total. The lowest BCUT2D eigenvalue weighted by atomic mass is 10.4. The molecule has 0 bridgehead atoms. The Morgan fingerprint density at radius 1 is 1.21 bits per heavy atom. The van der Waals surface area contributed by atoms with Gasteiger partial charge in [0.2, 0.25) is 0 Å². The summed E-state index contributed by atoms with van der Waals surface area (Å²) >= 11 is 0. The van der Waals surface area contributed by atoms with Crippen LogP contribution in [-0.2, 0) is 0 Å². The Hall–Kier alpha value is -1.26. The summed E-state index contributed by atoms with van der Waals surface area (Å²) in [4.78, 5) is 9.52. The summed E-state index contributed by atoms with van der Waals surface area (Å²) < 4.78 is 24.7. The van der Waals surface area contributed by atoms with Crippen LogP contribution >= 0.6 is 0 Å². The van der Waals surface area contributed by atoms with E-state index in [1.807, 2.05) is 4.90 Å². The molecule has 0 aromatic carbocycles. The fraction of sp³-hybridized carbons (Fsp3) is 0.556. The Bertz CT molecular complexity index is 311. The lowest BCUT2D eigenvalue weighted by Crippen LogP contribution is -2.19. The summed E-state index contributed by atoms with van der Waals surface area (Å²) in [7, 11) is 0. The van der Waals surface area contributed by atoms with Crippen LogP contribution in [-0.4, -0.2) is 23.1 Å². The van der Waals surface area contributed by atoms with Gasteiger partial charge in [0.15, 0.2) is 0 Å². The van der Waals surface area contributed by atoms with E-state index >= 15 is 0 Å². The van der Waals surface area contributed by atoms with E-state index in [2.05, 4.69) is 9.97 Å². The van der Waals surface area contributed by atoms with Gasteiger partial charge in [0, 0.05) is 19.2 Å². The normalized spacial score (nSPS) is 16.6. The average Bonchev–Trinajstić information content (AvgIpc) is 2.71. The lowest BCUT2D eigenvalue weighted by Gasteiger charge is -2.16. The first-order valence-corrected chi connectivity index (χ1v) is 4.62. The molecule has 76 valence electrons. The molecule has 2 rings (SSSR count). The van der Waals surface area contributed by atoms with Crippen molar-refractivity contribution in [1.82, 2.24) is 9.97 Å². The number of hydrogen-bond donors (Lipinski definition) is 0. The summed E-state index contributed by atoms with van der Waals surface area (Å²) in [5, 5.41) is 0. The zero-order valence-electron chi connectivity index (χ0n) is 7.66. The zero-order valence-corrected chi connectivity index (χ0v) is 7.66. The lowest BCUT2D eigenvalue weighted by molar-refractivity contribution is 0.146. The van der Waals surface area contributed by atoms with E-state index in [0.29, 0.717) is 5.82 Å². The molecule has 14 heavy (non-hydrogen) atoms. The summed E-state index contributed by atoms with van der Waals surface area (Å²) in [6, 6.07) is 1.37. The van der Waals surface area contributed by atoms with E-state index in [4.69, 9.17) is 0 Å². The number of halogens is 2. The second-order valence-corrected chi connectivity index (χ2v) is 3.30. The van der Waals surface area contributed by atoms with E-state index in [9.17, 15) is 8.78 Å². The van der Waals surface area contributed by atoms with Gasteiger partial charge in [0.1, 0.15) is 17.8 Å². The minimum absolute atomic E-state index is 0.193. The van der Waals surface area contributed by atoms with Crippen LogP contribution in [0, 0.1) is 0 Å². The molecule has 0 radical (unpaired) electrons. The van der Waals surface area contributed by atoms with Crippen molar-refractivity contribution in [1.29, 1.82) is 0 Å². The number of hydrogen-bond acceptors (Lipinski definition) is 3. The molecule has 3 nitrogen and oxygen atoms in total. The number of nitrogens with zero attached hydrogens (tertiary/aromatic N) is 3. The number of anilines is 1. The maximum atomic E-state index is 12.3. The molecule has 1 aliphatic rings. The first-order valence-electron chi connectivity index (χ1n) is 4.62. The first kappa shape index (κ1) is 9.30. The highest BCUT2D eigenvalue weighted by Crippen LogP contribution is 2.22. The summed E-state index contributed by atoms with van der Waals surface area (Å²) in [5.41, 5.74) is -0.193. The van der Waals surface area contributed by atoms with Gasteiger partial charge < -0.3 is 4.90 Å². The van der Waals surface area contributed by atoms with Crippen molar-refractivity contribution in [3.8, 4) is 0 Å². The van der Waals surface area contributed by atoms with Gasteiger partial charge >= 0.3 is 0 Å². The van der Waals surface area contributed by atoms with Gasteiger partial charge in [-0.3, -0.25) is 0 Å². The smallest absolute Gasteiger partial charge is 0.280 e. The molecule has 0 atom stereocenters. The van der Waals surface area contributed by atoms with Crippen molar-refractivity contribution in [3.63, 3.8) is 0 Å². The Balaban J connectivity index is 2.21. The quantitative estimate of drug-likeness (QED) is 0.729. The topological polar surface area (TPSA) is 29.0 Å². The minimum atomic E-state index is -2.51. The fourth-order valence-electron chi connectivity index (χ4n) is 1.60. The monoisotopic (exact) mass is 199 g/mol. The van der Waals surface area contributed by atoms with Gasteiger partial charge in [-0.2, -0.15) is 0 Å². The van der Waals surface area contributed by atoms with Crippen molar-refractivity contribution in [2.45, 2.75) is 19.3 Å². The molecule has 5 heteroatoms. The molecular formula is C9H11F2N3. The van der Waals surface area contributed by atoms with Gasteiger partial charge in [-0.15, -0.1) is 0 Å². The van der Waals surface area contributed by atoms with E-state index in [-0.39, 0.29) is 5.69 Å². The minimum Gasteiger partial charge on any atom is -0.357 e. The average molecular weight is 199 g/mol. The number of aromatic nitrogens is 2. The zero-order chi connectivity index (χ0) is 9.97. The Labute approximate surface area is 80.8 Å². The largest absolute Gasteiger partial charge is 0.357 e. The van der Waals surface area contributed by atoms with Gasteiger partial charge in [-0.25, -0.2) is 18.7 Å². The molecule has 0 spiro atoms. The molecule has 1 fully saturated rings. The molecule has 1 aromatic rings. The van der Waals surface area contributed by atoms with Crippen LogP contribution in [0.15, 0.2) is 12.4 Å². The number of rotatable bonds is 2. The van der Waals surface area contributed by atoms with Crippen LogP contribution in [0.2, 0.25) is 0 Å². The molecule has 1 saturated heterocycles. The fourth-order valence-corrected chi connectivity index (χ4v) is 1.60. The molecule has 1 aromatic heterocycles. The van der Waals surface area contributed by atoms with Gasteiger partial charge in [-0.1, -0.05) is 0 Å². The van der Waals surface area contributed by atoms with Crippen molar-refractivity contribution in [3.05, 3.63) is 18.1 Å². The van der Waals surface area contributed by atoms with E-state index in [1.54, 1.807) is 0 Å². The molecule has 2 heterocycles.